The molecule has 0 aromatic heterocycles. The number of aryl methyl sites for hydroxylation is 1. The Morgan fingerprint density at radius 3 is 2.53 bits per heavy atom. The van der Waals surface area contributed by atoms with Crippen LogP contribution in [0.1, 0.15) is 18.1 Å². The fourth-order valence-corrected chi connectivity index (χ4v) is 1.60. The van der Waals surface area contributed by atoms with Gasteiger partial charge in [-0.05, 0) is 17.1 Å². The van der Waals surface area contributed by atoms with Crippen LogP contribution in [0.15, 0.2) is 24.3 Å². The summed E-state index contributed by atoms with van der Waals surface area (Å²) in [7, 11) is -1.94. The molecule has 0 aliphatic rings. The molecule has 82 valence electrons. The highest BCUT2D eigenvalue weighted by Crippen LogP contribution is 2.26. The van der Waals surface area contributed by atoms with Crippen molar-refractivity contribution in [2.45, 2.75) is 26.1 Å². The van der Waals surface area contributed by atoms with Crippen molar-refractivity contribution in [2.24, 2.45) is 0 Å². The smallest absolute Gasteiger partial charge is 0.349 e. The molecule has 0 aliphatic carbocycles. The zero-order valence-electron chi connectivity index (χ0n) is 9.01. The monoisotopic (exact) mass is 227 g/mol. The van der Waals surface area contributed by atoms with E-state index in [0.717, 1.165) is 5.56 Å². The molecule has 3 nitrogen and oxygen atoms in total. The zero-order valence-corrected chi connectivity index (χ0v) is 9.91. The van der Waals surface area contributed by atoms with Crippen LogP contribution in [-0.4, -0.2) is 17.6 Å². The van der Waals surface area contributed by atoms with E-state index in [1.807, 2.05) is 31.2 Å². The highest BCUT2D eigenvalue weighted by Gasteiger charge is 2.24. The third kappa shape index (κ3) is 4.52. The van der Waals surface area contributed by atoms with Crippen molar-refractivity contribution in [1.29, 1.82) is 0 Å². The normalized spacial score (nSPS) is 13.7. The quantitative estimate of drug-likeness (QED) is 0.786. The molecule has 0 saturated carbocycles. The maximum Gasteiger partial charge on any atom is 0.539 e. The van der Waals surface area contributed by atoms with Crippen LogP contribution >= 0.6 is 8.03 Å². The van der Waals surface area contributed by atoms with Crippen LogP contribution in [0, 0.1) is 6.92 Å². The van der Waals surface area contributed by atoms with Gasteiger partial charge in [0, 0.05) is 13.3 Å². The summed E-state index contributed by atoms with van der Waals surface area (Å²) in [5.74, 6) is -0.891. The Kier molecular flexibility index (Phi) is 4.89. The van der Waals surface area contributed by atoms with Crippen LogP contribution in [0.25, 0.3) is 0 Å². The minimum atomic E-state index is -1.94. The molecule has 0 radical (unpaired) electrons. The molecule has 15 heavy (non-hydrogen) atoms. The van der Waals surface area contributed by atoms with Gasteiger partial charge < -0.3 is 5.11 Å². The van der Waals surface area contributed by atoms with E-state index >= 15 is 0 Å². The average Bonchev–Trinajstić information content (AvgIpc) is 2.20. The van der Waals surface area contributed by atoms with Gasteiger partial charge in [0.05, 0.1) is 0 Å². The second-order valence-corrected chi connectivity index (χ2v) is 5.06. The van der Waals surface area contributed by atoms with Crippen molar-refractivity contribution in [2.75, 3.05) is 6.61 Å². The van der Waals surface area contributed by atoms with Crippen LogP contribution in [0.3, 0.4) is 0 Å². The molecule has 0 saturated heterocycles. The van der Waals surface area contributed by atoms with Crippen molar-refractivity contribution >= 4 is 8.03 Å². The first-order valence-electron chi connectivity index (χ1n) is 4.92. The van der Waals surface area contributed by atoms with Crippen molar-refractivity contribution in [3.63, 3.8) is 0 Å². The van der Waals surface area contributed by atoms with Gasteiger partial charge in [-0.2, -0.15) is 0 Å². The summed E-state index contributed by atoms with van der Waals surface area (Å²) in [6.45, 7) is 3.87. The predicted octanol–water partition coefficient (Wildman–Crippen LogP) is 2.63. The molecule has 1 rings (SSSR count). The molecule has 1 N–H and O–H groups in total. The summed E-state index contributed by atoms with van der Waals surface area (Å²) in [6.07, 6.45) is 0.716. The Labute approximate surface area is 91.0 Å². The zero-order chi connectivity index (χ0) is 11.3. The van der Waals surface area contributed by atoms with E-state index in [1.54, 1.807) is 0 Å². The molecule has 2 unspecified atom stereocenters. The predicted molar refractivity (Wildman–Crippen MR) is 60.1 cm³/mol. The summed E-state index contributed by atoms with van der Waals surface area (Å²) < 4.78 is 16.1. The summed E-state index contributed by atoms with van der Waals surface area (Å²) >= 11 is 0. The van der Waals surface area contributed by atoms with Gasteiger partial charge in [0.2, 0.25) is 0 Å². The maximum absolute atomic E-state index is 11.1. The Hall–Kier alpha value is -0.760. The lowest BCUT2D eigenvalue weighted by Gasteiger charge is -1.98. The first-order chi connectivity index (χ1) is 7.09. The Balaban J connectivity index is 2.32. The lowest BCUT2D eigenvalue weighted by atomic mass is 10.1. The van der Waals surface area contributed by atoms with Crippen LogP contribution in [0.2, 0.25) is 0 Å². The van der Waals surface area contributed by atoms with E-state index in [1.165, 1.54) is 12.5 Å². The van der Waals surface area contributed by atoms with Crippen molar-refractivity contribution < 1.29 is 14.2 Å². The van der Waals surface area contributed by atoms with E-state index in [4.69, 9.17) is 9.63 Å². The number of aliphatic hydroxyl groups excluding tert-OH is 1. The summed E-state index contributed by atoms with van der Waals surface area (Å²) in [4.78, 5) is 0. The second-order valence-electron chi connectivity index (χ2n) is 3.49. The number of rotatable bonds is 5. The molecule has 0 fully saturated rings. The van der Waals surface area contributed by atoms with Gasteiger partial charge in [-0.1, -0.05) is 29.8 Å². The Morgan fingerprint density at radius 2 is 2.00 bits per heavy atom. The molecule has 0 amide bonds. The minimum absolute atomic E-state index is 0.378. The van der Waals surface area contributed by atoms with Crippen molar-refractivity contribution in [3.05, 3.63) is 35.4 Å². The SMILES string of the molecule is Cc1ccc(CCO[P+](=O)C(C)O)cc1. The molecular formula is C11H16O3P+. The molecule has 1 aromatic carbocycles. The van der Waals surface area contributed by atoms with Crippen LogP contribution in [-0.2, 0) is 15.5 Å². The van der Waals surface area contributed by atoms with Gasteiger partial charge in [0.1, 0.15) is 6.61 Å². The number of hydrogen-bond acceptors (Lipinski definition) is 3. The van der Waals surface area contributed by atoms with Crippen LogP contribution in [0.5, 0.6) is 0 Å². The summed E-state index contributed by atoms with van der Waals surface area (Å²) in [5.41, 5.74) is 2.37. The highest BCUT2D eigenvalue weighted by atomic mass is 31.1. The summed E-state index contributed by atoms with van der Waals surface area (Å²) in [5, 5.41) is 8.95. The number of aliphatic hydroxyl groups is 1. The number of hydrogen-bond donors (Lipinski definition) is 1. The molecular weight excluding hydrogens is 211 g/mol. The van der Waals surface area contributed by atoms with Crippen LogP contribution < -0.4 is 0 Å². The first-order valence-corrected chi connectivity index (χ1v) is 6.17. The number of benzene rings is 1. The topological polar surface area (TPSA) is 46.5 Å². The van der Waals surface area contributed by atoms with E-state index in [-0.39, 0.29) is 0 Å². The van der Waals surface area contributed by atoms with Gasteiger partial charge >= 0.3 is 8.03 Å². The lowest BCUT2D eigenvalue weighted by Crippen LogP contribution is -1.98. The Morgan fingerprint density at radius 1 is 1.40 bits per heavy atom. The van der Waals surface area contributed by atoms with Gasteiger partial charge in [-0.15, -0.1) is 4.52 Å². The molecule has 4 heteroatoms. The third-order valence-corrected chi connectivity index (χ3v) is 3.08. The van der Waals surface area contributed by atoms with Gasteiger partial charge in [-0.3, -0.25) is 0 Å². The lowest BCUT2D eigenvalue weighted by molar-refractivity contribution is 0.233. The van der Waals surface area contributed by atoms with Gasteiger partial charge in [0.25, 0.3) is 5.85 Å². The second kappa shape index (κ2) is 5.96. The first kappa shape index (κ1) is 12.3. The van der Waals surface area contributed by atoms with Gasteiger partial charge in [-0.25, -0.2) is 0 Å². The fraction of sp³-hybridized carbons (Fsp3) is 0.455. The Bertz CT molecular complexity index is 319. The third-order valence-electron chi connectivity index (χ3n) is 2.03. The van der Waals surface area contributed by atoms with Crippen molar-refractivity contribution in [1.82, 2.24) is 0 Å². The molecule has 0 spiro atoms. The van der Waals surface area contributed by atoms with Crippen LogP contribution in [0.4, 0.5) is 0 Å². The fourth-order valence-electron chi connectivity index (χ4n) is 1.12. The largest absolute Gasteiger partial charge is 0.539 e. The van der Waals surface area contributed by atoms with E-state index in [2.05, 4.69) is 0 Å². The minimum Gasteiger partial charge on any atom is -0.349 e. The standard InChI is InChI=1S/C11H16O3P/c1-9-3-5-11(6-4-9)7-8-14-15(13)10(2)12/h3-6,10,12H,7-8H2,1-2H3/q+1. The highest BCUT2D eigenvalue weighted by molar-refractivity contribution is 7.39. The average molecular weight is 227 g/mol. The van der Waals surface area contributed by atoms with E-state index < -0.39 is 13.9 Å². The summed E-state index contributed by atoms with van der Waals surface area (Å²) in [6, 6.07) is 8.11. The van der Waals surface area contributed by atoms with E-state index in [0.29, 0.717) is 13.0 Å². The maximum atomic E-state index is 11.1. The molecule has 1 aromatic rings. The van der Waals surface area contributed by atoms with Gasteiger partial charge in [0.15, 0.2) is 0 Å². The molecule has 0 heterocycles. The molecule has 0 bridgehead atoms. The molecule has 0 aliphatic heterocycles. The van der Waals surface area contributed by atoms with E-state index in [9.17, 15) is 4.57 Å². The molecule has 2 atom stereocenters. The van der Waals surface area contributed by atoms with Crippen molar-refractivity contribution in [3.8, 4) is 0 Å².